The van der Waals surface area contributed by atoms with E-state index in [2.05, 4.69) is 33.4 Å². The molecule has 0 N–H and O–H groups in total. The Bertz CT molecular complexity index is 143. The third-order valence-corrected chi connectivity index (χ3v) is 1.86. The maximum Gasteiger partial charge on any atom is 0.0468 e. The van der Waals surface area contributed by atoms with E-state index in [1.807, 2.05) is 0 Å². The van der Waals surface area contributed by atoms with Gasteiger partial charge in [0.2, 0.25) is 0 Å². The Balaban J connectivity index is 4.03. The summed E-state index contributed by atoms with van der Waals surface area (Å²) < 4.78 is 0. The van der Waals surface area contributed by atoms with Gasteiger partial charge in [-0.3, -0.25) is 0 Å². The molecule has 58 valence electrons. The van der Waals surface area contributed by atoms with E-state index < -0.39 is 0 Å². The molecule has 0 aromatic rings. The molecule has 0 amide bonds. The lowest BCUT2D eigenvalue weighted by atomic mass is 10.0. The predicted octanol–water partition coefficient (Wildman–Crippen LogP) is 3.38. The van der Waals surface area contributed by atoms with Crippen LogP contribution < -0.4 is 0 Å². The van der Waals surface area contributed by atoms with E-state index in [-0.39, 0.29) is 0 Å². The van der Waals surface area contributed by atoms with E-state index in [0.29, 0.717) is 11.8 Å². The lowest BCUT2D eigenvalue weighted by Gasteiger charge is -2.04. The fraction of sp³-hybridized carbons (Fsp3) is 0.556. The highest BCUT2D eigenvalue weighted by Crippen LogP contribution is 2.10. The van der Waals surface area contributed by atoms with Crippen molar-refractivity contribution in [2.45, 2.75) is 20.8 Å². The third kappa shape index (κ3) is 3.73. The van der Waals surface area contributed by atoms with Gasteiger partial charge in [-0.1, -0.05) is 32.1 Å². The Morgan fingerprint density at radius 1 is 1.60 bits per heavy atom. The van der Waals surface area contributed by atoms with E-state index in [9.17, 15) is 0 Å². The Morgan fingerprint density at radius 3 is 2.40 bits per heavy atom. The molecule has 0 fully saturated rings. The fourth-order valence-corrected chi connectivity index (χ4v) is 0.604. The average Bonchev–Trinajstić information content (AvgIpc) is 1.87. The van der Waals surface area contributed by atoms with Crippen LogP contribution in [0.4, 0.5) is 0 Å². The van der Waals surface area contributed by atoms with Crippen molar-refractivity contribution in [3.8, 4) is 0 Å². The molecule has 0 radical (unpaired) electrons. The molecule has 10 heavy (non-hydrogen) atoms. The molecule has 0 saturated carbocycles. The summed E-state index contributed by atoms with van der Waals surface area (Å²) in [7, 11) is 0. The molecule has 0 bridgehead atoms. The van der Waals surface area contributed by atoms with E-state index in [1.165, 1.54) is 5.57 Å². The van der Waals surface area contributed by atoms with Gasteiger partial charge in [0.15, 0.2) is 0 Å². The summed E-state index contributed by atoms with van der Waals surface area (Å²) in [5.74, 6) is 1.13. The van der Waals surface area contributed by atoms with Crippen molar-refractivity contribution in [2.75, 3.05) is 5.88 Å². The Hall–Kier alpha value is -0.230. The smallest absolute Gasteiger partial charge is 0.0468 e. The molecular weight excluding hydrogens is 144 g/mol. The first-order valence-corrected chi connectivity index (χ1v) is 4.03. The van der Waals surface area contributed by atoms with Crippen LogP contribution in [0, 0.1) is 5.92 Å². The minimum Gasteiger partial charge on any atom is -0.122 e. The van der Waals surface area contributed by atoms with Gasteiger partial charge in [0, 0.05) is 5.88 Å². The maximum absolute atomic E-state index is 5.56. The number of hydrogen-bond donors (Lipinski definition) is 0. The van der Waals surface area contributed by atoms with E-state index in [0.717, 1.165) is 5.57 Å². The van der Waals surface area contributed by atoms with Gasteiger partial charge in [0.05, 0.1) is 0 Å². The molecule has 0 spiro atoms. The van der Waals surface area contributed by atoms with Crippen LogP contribution in [-0.2, 0) is 0 Å². The average molecular weight is 159 g/mol. The summed E-state index contributed by atoms with van der Waals surface area (Å²) in [6.45, 7) is 10.2. The molecule has 0 aromatic heterocycles. The molecule has 0 aliphatic rings. The first-order valence-electron chi connectivity index (χ1n) is 3.50. The minimum atomic E-state index is 0.532. The van der Waals surface area contributed by atoms with Crippen molar-refractivity contribution < 1.29 is 0 Å². The zero-order chi connectivity index (χ0) is 8.15. The lowest BCUT2D eigenvalue weighted by molar-refractivity contribution is 0.768. The number of hydrogen-bond acceptors (Lipinski definition) is 0. The summed E-state index contributed by atoms with van der Waals surface area (Å²) in [5, 5.41) is 0. The zero-order valence-electron chi connectivity index (χ0n) is 6.95. The normalized spacial score (nSPS) is 12.3. The van der Waals surface area contributed by atoms with Crippen LogP contribution in [0.5, 0.6) is 0 Å². The molecule has 0 saturated heterocycles. The predicted molar refractivity (Wildman–Crippen MR) is 48.5 cm³/mol. The maximum atomic E-state index is 5.56. The first kappa shape index (κ1) is 9.77. The van der Waals surface area contributed by atoms with E-state index in [1.54, 1.807) is 0 Å². The molecule has 1 heteroatoms. The van der Waals surface area contributed by atoms with Gasteiger partial charge in [-0.15, -0.1) is 11.6 Å². The van der Waals surface area contributed by atoms with Gasteiger partial charge >= 0.3 is 0 Å². The molecule has 0 aliphatic heterocycles. The molecular formula is C9H15Cl. The molecule has 0 atom stereocenters. The van der Waals surface area contributed by atoms with Crippen molar-refractivity contribution in [1.82, 2.24) is 0 Å². The minimum absolute atomic E-state index is 0.532. The summed E-state index contributed by atoms with van der Waals surface area (Å²) in [6, 6.07) is 0. The fourth-order valence-electron chi connectivity index (χ4n) is 0.527. The highest BCUT2D eigenvalue weighted by molar-refractivity contribution is 6.19. The van der Waals surface area contributed by atoms with Crippen molar-refractivity contribution >= 4 is 11.6 Å². The van der Waals surface area contributed by atoms with E-state index >= 15 is 0 Å². The van der Waals surface area contributed by atoms with Gasteiger partial charge in [0.25, 0.3) is 0 Å². The highest BCUT2D eigenvalue weighted by atomic mass is 35.5. The number of halogens is 1. The quantitative estimate of drug-likeness (QED) is 0.437. The molecule has 0 aromatic carbocycles. The van der Waals surface area contributed by atoms with Gasteiger partial charge in [0.1, 0.15) is 0 Å². The van der Waals surface area contributed by atoms with Gasteiger partial charge < -0.3 is 0 Å². The summed E-state index contributed by atoms with van der Waals surface area (Å²) >= 11 is 5.56. The van der Waals surface area contributed by atoms with Crippen molar-refractivity contribution in [2.24, 2.45) is 5.92 Å². The topological polar surface area (TPSA) is 0 Å². The molecule has 0 aliphatic carbocycles. The highest BCUT2D eigenvalue weighted by Gasteiger charge is 1.95. The number of allylic oxidation sites excluding steroid dienone is 3. The van der Waals surface area contributed by atoms with Crippen LogP contribution in [0.2, 0.25) is 0 Å². The van der Waals surface area contributed by atoms with E-state index in [4.69, 9.17) is 11.6 Å². The SMILES string of the molecule is C=C(/C=C(/C)C(C)C)CCl. The zero-order valence-corrected chi connectivity index (χ0v) is 7.70. The largest absolute Gasteiger partial charge is 0.122 e. The third-order valence-electron chi connectivity index (χ3n) is 1.51. The Kier molecular flexibility index (Phi) is 4.46. The summed E-state index contributed by atoms with van der Waals surface area (Å²) in [6.07, 6.45) is 2.05. The monoisotopic (exact) mass is 158 g/mol. The summed E-state index contributed by atoms with van der Waals surface area (Å²) in [4.78, 5) is 0. The van der Waals surface area contributed by atoms with Crippen LogP contribution in [0.1, 0.15) is 20.8 Å². The second kappa shape index (κ2) is 4.56. The second-order valence-electron chi connectivity index (χ2n) is 2.83. The van der Waals surface area contributed by atoms with Gasteiger partial charge in [-0.2, -0.15) is 0 Å². The van der Waals surface area contributed by atoms with Crippen LogP contribution >= 0.6 is 11.6 Å². The molecule has 0 heterocycles. The first-order chi connectivity index (χ1) is 4.57. The van der Waals surface area contributed by atoms with Crippen molar-refractivity contribution in [3.05, 3.63) is 23.8 Å². The molecule has 0 nitrogen and oxygen atoms in total. The number of alkyl halides is 1. The van der Waals surface area contributed by atoms with Gasteiger partial charge in [-0.25, -0.2) is 0 Å². The standard InChI is InChI=1S/C9H15Cl/c1-7(2)9(4)5-8(3)6-10/h5,7H,3,6H2,1-2,4H3/b9-5-. The molecule has 0 rings (SSSR count). The molecule has 0 unspecified atom stereocenters. The lowest BCUT2D eigenvalue weighted by Crippen LogP contribution is -1.89. The van der Waals surface area contributed by atoms with Crippen LogP contribution in [-0.4, -0.2) is 5.88 Å². The summed E-state index contributed by atoms with van der Waals surface area (Å²) in [5.41, 5.74) is 2.33. The van der Waals surface area contributed by atoms with Gasteiger partial charge in [-0.05, 0) is 18.4 Å². The van der Waals surface area contributed by atoms with Crippen LogP contribution in [0.15, 0.2) is 23.8 Å². The Labute approximate surface area is 68.6 Å². The second-order valence-corrected chi connectivity index (χ2v) is 3.10. The van der Waals surface area contributed by atoms with Crippen molar-refractivity contribution in [1.29, 1.82) is 0 Å². The number of rotatable bonds is 3. The van der Waals surface area contributed by atoms with Crippen LogP contribution in [0.3, 0.4) is 0 Å². The Morgan fingerprint density at radius 2 is 2.10 bits per heavy atom. The van der Waals surface area contributed by atoms with Crippen molar-refractivity contribution in [3.63, 3.8) is 0 Å². The van der Waals surface area contributed by atoms with Crippen LogP contribution in [0.25, 0.3) is 0 Å².